The van der Waals surface area contributed by atoms with Crippen molar-refractivity contribution in [1.82, 2.24) is 5.32 Å². The Kier molecular flexibility index (Phi) is 3.17. The van der Waals surface area contributed by atoms with Crippen molar-refractivity contribution in [2.75, 3.05) is 13.6 Å². The third kappa shape index (κ3) is 2.33. The second kappa shape index (κ2) is 4.47. The predicted molar refractivity (Wildman–Crippen MR) is 64.3 cm³/mol. The van der Waals surface area contributed by atoms with Gasteiger partial charge in [-0.15, -0.1) is 0 Å². The van der Waals surface area contributed by atoms with Crippen LogP contribution in [0.4, 0.5) is 4.39 Å². The van der Waals surface area contributed by atoms with E-state index < -0.39 is 11.4 Å². The maximum absolute atomic E-state index is 13.5. The van der Waals surface area contributed by atoms with Crippen molar-refractivity contribution in [1.29, 1.82) is 0 Å². The summed E-state index contributed by atoms with van der Waals surface area (Å²) in [5.41, 5.74) is -0.888. The lowest BCUT2D eigenvalue weighted by Gasteiger charge is -2.20. The number of hydrogen-bond acceptors (Lipinski definition) is 3. The van der Waals surface area contributed by atoms with Crippen molar-refractivity contribution in [3.8, 4) is 0 Å². The number of para-hydroxylation sites is 1. The van der Waals surface area contributed by atoms with E-state index in [1.165, 1.54) is 6.07 Å². The molecule has 1 aromatic carbocycles. The van der Waals surface area contributed by atoms with Gasteiger partial charge >= 0.3 is 0 Å². The van der Waals surface area contributed by atoms with Crippen LogP contribution in [0.3, 0.4) is 0 Å². The lowest BCUT2D eigenvalue weighted by molar-refractivity contribution is 0.0275. The van der Waals surface area contributed by atoms with Crippen molar-refractivity contribution in [2.24, 2.45) is 0 Å². The summed E-state index contributed by atoms with van der Waals surface area (Å²) in [5, 5.41) is 13.9. The van der Waals surface area contributed by atoms with Crippen LogP contribution in [0.1, 0.15) is 19.1 Å². The van der Waals surface area contributed by atoms with E-state index in [2.05, 4.69) is 5.32 Å². The number of hydrogen-bond donors (Lipinski definition) is 2. The van der Waals surface area contributed by atoms with Crippen LogP contribution in [0.25, 0.3) is 11.0 Å². The minimum absolute atomic E-state index is 0.201. The van der Waals surface area contributed by atoms with Crippen LogP contribution in [0.15, 0.2) is 28.7 Å². The van der Waals surface area contributed by atoms with Gasteiger partial charge in [0.25, 0.3) is 0 Å². The van der Waals surface area contributed by atoms with E-state index in [4.69, 9.17) is 4.42 Å². The third-order valence-electron chi connectivity index (χ3n) is 2.89. The van der Waals surface area contributed by atoms with E-state index in [1.54, 1.807) is 25.1 Å². The highest BCUT2D eigenvalue weighted by Crippen LogP contribution is 2.31. The molecule has 92 valence electrons. The first-order valence-electron chi connectivity index (χ1n) is 5.60. The Labute approximate surface area is 99.2 Å². The van der Waals surface area contributed by atoms with Crippen LogP contribution in [-0.4, -0.2) is 18.7 Å². The molecule has 0 bridgehead atoms. The fourth-order valence-electron chi connectivity index (χ4n) is 1.78. The Bertz CT molecular complexity index is 519. The second-order valence-corrected chi connectivity index (χ2v) is 4.40. The molecule has 0 spiro atoms. The molecule has 1 aromatic heterocycles. The molecule has 0 aliphatic heterocycles. The quantitative estimate of drug-likeness (QED) is 0.858. The SMILES string of the molecule is CNCCC(C)(O)c1cc2cccc(F)c2o1. The average molecular weight is 237 g/mol. The predicted octanol–water partition coefficient (Wildman–Crippen LogP) is 2.39. The Morgan fingerprint density at radius 2 is 2.24 bits per heavy atom. The van der Waals surface area contributed by atoms with E-state index >= 15 is 0 Å². The molecule has 0 saturated carbocycles. The van der Waals surface area contributed by atoms with Crippen molar-refractivity contribution >= 4 is 11.0 Å². The Morgan fingerprint density at radius 3 is 2.88 bits per heavy atom. The minimum atomic E-state index is -1.09. The third-order valence-corrected chi connectivity index (χ3v) is 2.89. The van der Waals surface area contributed by atoms with Crippen molar-refractivity contribution in [2.45, 2.75) is 18.9 Å². The van der Waals surface area contributed by atoms with Gasteiger partial charge in [-0.25, -0.2) is 4.39 Å². The topological polar surface area (TPSA) is 45.4 Å². The monoisotopic (exact) mass is 237 g/mol. The molecule has 0 fully saturated rings. The number of benzene rings is 1. The van der Waals surface area contributed by atoms with E-state index in [0.717, 1.165) is 0 Å². The van der Waals surface area contributed by atoms with Crippen LogP contribution < -0.4 is 5.32 Å². The van der Waals surface area contributed by atoms with Crippen LogP contribution >= 0.6 is 0 Å². The van der Waals surface area contributed by atoms with Gasteiger partial charge in [0, 0.05) is 5.39 Å². The Hall–Kier alpha value is -1.39. The molecule has 0 radical (unpaired) electrons. The number of rotatable bonds is 4. The number of halogens is 1. The first-order chi connectivity index (χ1) is 8.04. The average Bonchev–Trinajstić information content (AvgIpc) is 2.72. The molecule has 1 unspecified atom stereocenters. The van der Waals surface area contributed by atoms with Gasteiger partial charge in [-0.05, 0) is 39.1 Å². The summed E-state index contributed by atoms with van der Waals surface area (Å²) in [6.45, 7) is 2.33. The molecule has 0 amide bonds. The van der Waals surface area contributed by atoms with Gasteiger partial charge in [0.1, 0.15) is 11.4 Å². The van der Waals surface area contributed by atoms with E-state index in [1.807, 2.05) is 7.05 Å². The van der Waals surface area contributed by atoms with Gasteiger partial charge in [0.15, 0.2) is 11.4 Å². The zero-order chi connectivity index (χ0) is 12.5. The molecule has 0 aliphatic rings. The molecule has 17 heavy (non-hydrogen) atoms. The molecule has 2 aromatic rings. The van der Waals surface area contributed by atoms with Crippen LogP contribution in [0, 0.1) is 5.82 Å². The largest absolute Gasteiger partial charge is 0.455 e. The lowest BCUT2D eigenvalue weighted by Crippen LogP contribution is -2.25. The smallest absolute Gasteiger partial charge is 0.170 e. The molecule has 1 atom stereocenters. The number of aliphatic hydroxyl groups is 1. The van der Waals surface area contributed by atoms with Gasteiger partial charge in [0.05, 0.1) is 0 Å². The molecule has 4 heteroatoms. The summed E-state index contributed by atoms with van der Waals surface area (Å²) in [6, 6.07) is 6.42. The summed E-state index contributed by atoms with van der Waals surface area (Å²) in [5.74, 6) is -0.00832. The van der Waals surface area contributed by atoms with Crippen LogP contribution in [0.2, 0.25) is 0 Å². The first kappa shape index (κ1) is 12.1. The summed E-state index contributed by atoms with van der Waals surface area (Å²) in [7, 11) is 1.81. The van der Waals surface area contributed by atoms with Gasteiger partial charge in [-0.1, -0.05) is 12.1 Å². The Balaban J connectivity index is 2.39. The highest BCUT2D eigenvalue weighted by molar-refractivity contribution is 5.78. The highest BCUT2D eigenvalue weighted by atomic mass is 19.1. The lowest BCUT2D eigenvalue weighted by atomic mass is 9.99. The standard InChI is InChI=1S/C13H16FNO2/c1-13(16,6-7-15-2)11-8-9-4-3-5-10(14)12(9)17-11/h3-5,8,15-16H,6-7H2,1-2H3. The normalized spacial score (nSPS) is 15.1. The zero-order valence-electron chi connectivity index (χ0n) is 9.96. The summed E-state index contributed by atoms with van der Waals surface area (Å²) >= 11 is 0. The number of furan rings is 1. The van der Waals surface area contributed by atoms with E-state index in [9.17, 15) is 9.50 Å². The summed E-state index contributed by atoms with van der Waals surface area (Å²) < 4.78 is 18.9. The molecule has 3 nitrogen and oxygen atoms in total. The molecular formula is C13H16FNO2. The van der Waals surface area contributed by atoms with E-state index in [0.29, 0.717) is 24.1 Å². The van der Waals surface area contributed by atoms with Gasteiger partial charge in [-0.3, -0.25) is 0 Å². The van der Waals surface area contributed by atoms with Crippen molar-refractivity contribution in [3.05, 3.63) is 35.8 Å². The molecule has 2 N–H and O–H groups in total. The highest BCUT2D eigenvalue weighted by Gasteiger charge is 2.27. The van der Waals surface area contributed by atoms with Crippen LogP contribution in [-0.2, 0) is 5.60 Å². The minimum Gasteiger partial charge on any atom is -0.455 e. The first-order valence-corrected chi connectivity index (χ1v) is 5.60. The molecule has 0 aliphatic carbocycles. The molecule has 1 heterocycles. The maximum atomic E-state index is 13.5. The summed E-state index contributed by atoms with van der Waals surface area (Å²) in [4.78, 5) is 0. The van der Waals surface area contributed by atoms with Gasteiger partial charge < -0.3 is 14.8 Å². The van der Waals surface area contributed by atoms with Crippen molar-refractivity contribution in [3.63, 3.8) is 0 Å². The van der Waals surface area contributed by atoms with Crippen LogP contribution in [0.5, 0.6) is 0 Å². The fraction of sp³-hybridized carbons (Fsp3) is 0.385. The fourth-order valence-corrected chi connectivity index (χ4v) is 1.78. The van der Waals surface area contributed by atoms with Gasteiger partial charge in [-0.2, -0.15) is 0 Å². The number of fused-ring (bicyclic) bond motifs is 1. The second-order valence-electron chi connectivity index (χ2n) is 4.40. The Morgan fingerprint density at radius 1 is 1.47 bits per heavy atom. The number of nitrogens with one attached hydrogen (secondary N) is 1. The summed E-state index contributed by atoms with van der Waals surface area (Å²) in [6.07, 6.45) is 0.505. The van der Waals surface area contributed by atoms with E-state index in [-0.39, 0.29) is 5.58 Å². The van der Waals surface area contributed by atoms with Crippen molar-refractivity contribution < 1.29 is 13.9 Å². The molecule has 2 rings (SSSR count). The molecule has 0 saturated heterocycles. The maximum Gasteiger partial charge on any atom is 0.170 e. The molecular weight excluding hydrogens is 221 g/mol. The van der Waals surface area contributed by atoms with Gasteiger partial charge in [0.2, 0.25) is 0 Å². The zero-order valence-corrected chi connectivity index (χ0v) is 9.96.